The second kappa shape index (κ2) is 7.54. The van der Waals surface area contributed by atoms with Gasteiger partial charge in [0.1, 0.15) is 0 Å². The Labute approximate surface area is 111 Å². The summed E-state index contributed by atoms with van der Waals surface area (Å²) in [6.45, 7) is 10.5. The van der Waals surface area contributed by atoms with E-state index in [9.17, 15) is 0 Å². The van der Waals surface area contributed by atoms with Crippen molar-refractivity contribution in [3.8, 4) is 0 Å². The van der Waals surface area contributed by atoms with Crippen LogP contribution in [-0.4, -0.2) is 46.2 Å². The second-order valence-corrected chi connectivity index (χ2v) is 8.31. The van der Waals surface area contributed by atoms with Crippen LogP contribution in [-0.2, 0) is 13.3 Å². The van der Waals surface area contributed by atoms with Crippen LogP contribution in [0.4, 0.5) is 0 Å². The fraction of sp³-hybridized carbons (Fsp3) is 1.00. The lowest BCUT2D eigenvalue weighted by atomic mass is 10.1. The number of hydrogen-bond donors (Lipinski definition) is 3. The van der Waals surface area contributed by atoms with E-state index in [0.29, 0.717) is 19.8 Å². The molecule has 110 valence electrons. The van der Waals surface area contributed by atoms with Crippen molar-refractivity contribution in [2.75, 3.05) is 19.8 Å². The molecule has 0 saturated carbocycles. The molecule has 0 saturated heterocycles. The molecular formula is C11H29N3O3Si. The third kappa shape index (κ3) is 9.95. The van der Waals surface area contributed by atoms with Gasteiger partial charge in [-0.1, -0.05) is 0 Å². The lowest BCUT2D eigenvalue weighted by Gasteiger charge is -2.30. The Balaban J connectivity index is 4.38. The highest BCUT2D eigenvalue weighted by Gasteiger charge is 2.37. The predicted octanol–water partition coefficient (Wildman–Crippen LogP) is 0.0366. The summed E-state index contributed by atoms with van der Waals surface area (Å²) in [5.41, 5.74) is 16.8. The topological polar surface area (TPSA) is 106 Å². The molecule has 7 heteroatoms. The van der Waals surface area contributed by atoms with E-state index in [2.05, 4.69) is 0 Å². The molecule has 0 rings (SSSR count). The van der Waals surface area contributed by atoms with E-state index in [0.717, 1.165) is 0 Å². The molecule has 0 heterocycles. The summed E-state index contributed by atoms with van der Waals surface area (Å²) < 4.78 is 17.1. The highest BCUT2D eigenvalue weighted by Crippen LogP contribution is 2.13. The first-order valence-corrected chi connectivity index (χ1v) is 8.48. The molecule has 2 unspecified atom stereocenters. The van der Waals surface area contributed by atoms with Gasteiger partial charge in [0, 0.05) is 24.2 Å². The zero-order chi connectivity index (χ0) is 14.4. The Morgan fingerprint density at radius 3 is 1.67 bits per heavy atom. The Hall–Kier alpha value is -0.0231. The third-order valence-electron chi connectivity index (χ3n) is 1.92. The third-order valence-corrected chi connectivity index (χ3v) is 3.97. The normalized spacial score (nSPS) is 19.3. The molecule has 0 aliphatic heterocycles. The summed E-state index contributed by atoms with van der Waals surface area (Å²) in [5.74, 6) is 0. The van der Waals surface area contributed by atoms with E-state index in [4.69, 9.17) is 30.5 Å². The van der Waals surface area contributed by atoms with E-state index >= 15 is 0 Å². The minimum absolute atomic E-state index is 0.0646. The molecule has 0 spiro atoms. The van der Waals surface area contributed by atoms with Gasteiger partial charge in [0.15, 0.2) is 0 Å². The zero-order valence-corrected chi connectivity index (χ0v) is 13.2. The number of hydrogen-bond acceptors (Lipinski definition) is 6. The van der Waals surface area contributed by atoms with Crippen molar-refractivity contribution in [3.63, 3.8) is 0 Å². The van der Waals surface area contributed by atoms with E-state index in [-0.39, 0.29) is 12.1 Å². The quantitative estimate of drug-likeness (QED) is 0.514. The van der Waals surface area contributed by atoms with Gasteiger partial charge in [-0.3, -0.25) is 0 Å². The Kier molecular flexibility index (Phi) is 7.53. The molecule has 0 bridgehead atoms. The van der Waals surface area contributed by atoms with Crippen molar-refractivity contribution in [3.05, 3.63) is 0 Å². The van der Waals surface area contributed by atoms with Crippen LogP contribution >= 0.6 is 0 Å². The molecule has 0 amide bonds. The molecule has 0 aliphatic carbocycles. The van der Waals surface area contributed by atoms with Gasteiger partial charge in [-0.15, -0.1) is 0 Å². The minimum atomic E-state index is -2.72. The van der Waals surface area contributed by atoms with Crippen LogP contribution in [0.2, 0.25) is 6.55 Å². The largest absolute Gasteiger partial charge is 0.497 e. The van der Waals surface area contributed by atoms with E-state index in [1.165, 1.54) is 0 Å². The monoisotopic (exact) mass is 279 g/mol. The van der Waals surface area contributed by atoms with Gasteiger partial charge in [0.05, 0.1) is 19.8 Å². The molecular weight excluding hydrogens is 250 g/mol. The summed E-state index contributed by atoms with van der Waals surface area (Å²) in [4.78, 5) is 0. The van der Waals surface area contributed by atoms with Crippen LogP contribution in [0, 0.1) is 0 Å². The smallest absolute Gasteiger partial charge is 0.372 e. The minimum Gasteiger partial charge on any atom is -0.372 e. The van der Waals surface area contributed by atoms with Crippen molar-refractivity contribution < 1.29 is 13.3 Å². The van der Waals surface area contributed by atoms with Crippen LogP contribution in [0.3, 0.4) is 0 Å². The Bertz CT molecular complexity index is 220. The second-order valence-electron chi connectivity index (χ2n) is 5.72. The predicted molar refractivity (Wildman–Crippen MR) is 75.0 cm³/mol. The van der Waals surface area contributed by atoms with E-state index in [1.807, 2.05) is 34.2 Å². The maximum absolute atomic E-state index is 5.89. The maximum Gasteiger partial charge on any atom is 0.497 e. The van der Waals surface area contributed by atoms with Crippen LogP contribution in [0.5, 0.6) is 0 Å². The van der Waals surface area contributed by atoms with Crippen molar-refractivity contribution in [2.45, 2.75) is 51.9 Å². The molecule has 0 radical (unpaired) electrons. The van der Waals surface area contributed by atoms with Crippen molar-refractivity contribution in [1.29, 1.82) is 0 Å². The van der Waals surface area contributed by atoms with Crippen LogP contribution in [0.25, 0.3) is 0 Å². The molecule has 2 atom stereocenters. The number of nitrogens with two attached hydrogens (primary N) is 3. The Morgan fingerprint density at radius 1 is 1.00 bits per heavy atom. The van der Waals surface area contributed by atoms with Crippen LogP contribution in [0.1, 0.15) is 27.7 Å². The highest BCUT2D eigenvalue weighted by molar-refractivity contribution is 6.59. The summed E-state index contributed by atoms with van der Waals surface area (Å²) in [7, 11) is -2.72. The van der Waals surface area contributed by atoms with Crippen molar-refractivity contribution in [2.24, 2.45) is 17.2 Å². The molecule has 6 nitrogen and oxygen atoms in total. The molecule has 0 fully saturated rings. The van der Waals surface area contributed by atoms with Gasteiger partial charge in [0.25, 0.3) is 0 Å². The SMILES string of the molecule is CC(N)CO[Si](C)(OCC(C)N)OCC(C)(C)N. The summed E-state index contributed by atoms with van der Waals surface area (Å²) >= 11 is 0. The van der Waals surface area contributed by atoms with Crippen LogP contribution in [0.15, 0.2) is 0 Å². The standard InChI is InChI=1S/C11H29N3O3Si/c1-9(12)6-15-18(5,16-7-10(2)13)17-8-11(3,4)14/h9-10H,6-8,12-14H2,1-5H3. The molecule has 0 aliphatic rings. The van der Waals surface area contributed by atoms with Crippen molar-refractivity contribution in [1.82, 2.24) is 0 Å². The average Bonchev–Trinajstić information content (AvgIpc) is 2.20. The fourth-order valence-electron chi connectivity index (χ4n) is 1.01. The van der Waals surface area contributed by atoms with Gasteiger partial charge < -0.3 is 30.5 Å². The summed E-state index contributed by atoms with van der Waals surface area (Å²) in [6, 6.07) is -0.129. The molecule has 18 heavy (non-hydrogen) atoms. The highest BCUT2D eigenvalue weighted by atomic mass is 28.4. The summed E-state index contributed by atoms with van der Waals surface area (Å²) in [6.07, 6.45) is 0. The van der Waals surface area contributed by atoms with Gasteiger partial charge in [-0.05, 0) is 27.7 Å². The zero-order valence-electron chi connectivity index (χ0n) is 12.2. The van der Waals surface area contributed by atoms with Crippen molar-refractivity contribution >= 4 is 8.80 Å². The molecule has 6 N–H and O–H groups in total. The molecule has 0 aromatic heterocycles. The number of rotatable bonds is 9. The maximum atomic E-state index is 5.89. The molecule has 0 aromatic carbocycles. The van der Waals surface area contributed by atoms with Gasteiger partial charge >= 0.3 is 8.80 Å². The first-order chi connectivity index (χ1) is 8.04. The van der Waals surface area contributed by atoms with Gasteiger partial charge in [-0.25, -0.2) is 0 Å². The van der Waals surface area contributed by atoms with E-state index in [1.54, 1.807) is 0 Å². The van der Waals surface area contributed by atoms with E-state index < -0.39 is 14.3 Å². The van der Waals surface area contributed by atoms with Gasteiger partial charge in [-0.2, -0.15) is 0 Å². The average molecular weight is 279 g/mol. The summed E-state index contributed by atoms with van der Waals surface area (Å²) in [5, 5.41) is 0. The molecule has 0 aromatic rings. The first-order valence-electron chi connectivity index (χ1n) is 6.26. The Morgan fingerprint density at radius 2 is 1.39 bits per heavy atom. The lowest BCUT2D eigenvalue weighted by Crippen LogP contribution is -2.51. The fourth-order valence-corrected chi connectivity index (χ4v) is 3.02. The van der Waals surface area contributed by atoms with Gasteiger partial charge in [0.2, 0.25) is 0 Å². The lowest BCUT2D eigenvalue weighted by molar-refractivity contribution is 0.0474. The first kappa shape index (κ1) is 18.0. The van der Waals surface area contributed by atoms with Crippen LogP contribution < -0.4 is 17.2 Å².